The van der Waals surface area contributed by atoms with Crippen molar-refractivity contribution in [3.63, 3.8) is 0 Å². The SMILES string of the molecule is O=[N+]([O-])c1cnc(NCC2NCCc3ccccc32)c(Br)c1. The number of aromatic nitrogens is 1. The highest BCUT2D eigenvalue weighted by molar-refractivity contribution is 9.10. The number of hydrogen-bond acceptors (Lipinski definition) is 5. The predicted octanol–water partition coefficient (Wildman–Crippen LogP) is 3.05. The molecular weight excluding hydrogens is 348 g/mol. The summed E-state index contributed by atoms with van der Waals surface area (Å²) in [7, 11) is 0. The molecule has 2 N–H and O–H groups in total. The molecule has 0 saturated carbocycles. The van der Waals surface area contributed by atoms with Crippen LogP contribution in [-0.2, 0) is 6.42 Å². The predicted molar refractivity (Wildman–Crippen MR) is 88.0 cm³/mol. The summed E-state index contributed by atoms with van der Waals surface area (Å²) < 4.78 is 0.589. The van der Waals surface area contributed by atoms with Gasteiger partial charge in [-0.1, -0.05) is 24.3 Å². The third-order valence-corrected chi connectivity index (χ3v) is 4.33. The summed E-state index contributed by atoms with van der Waals surface area (Å²) in [5.74, 6) is 0.607. The molecule has 1 atom stereocenters. The number of fused-ring (bicyclic) bond motifs is 1. The Morgan fingerprint density at radius 2 is 2.27 bits per heavy atom. The van der Waals surface area contributed by atoms with Gasteiger partial charge < -0.3 is 10.6 Å². The molecule has 0 amide bonds. The van der Waals surface area contributed by atoms with E-state index in [0.29, 0.717) is 16.8 Å². The molecule has 22 heavy (non-hydrogen) atoms. The van der Waals surface area contributed by atoms with Gasteiger partial charge in [0.15, 0.2) is 0 Å². The van der Waals surface area contributed by atoms with Crippen LogP contribution in [0, 0.1) is 10.1 Å². The molecule has 2 heterocycles. The van der Waals surface area contributed by atoms with Gasteiger partial charge in [-0.15, -0.1) is 0 Å². The molecule has 7 heteroatoms. The first-order valence-electron chi connectivity index (χ1n) is 7.00. The molecular formula is C15H15BrN4O2. The van der Waals surface area contributed by atoms with E-state index in [4.69, 9.17) is 0 Å². The fourth-order valence-corrected chi connectivity index (χ4v) is 3.11. The lowest BCUT2D eigenvalue weighted by molar-refractivity contribution is -0.385. The van der Waals surface area contributed by atoms with Crippen molar-refractivity contribution in [2.45, 2.75) is 12.5 Å². The van der Waals surface area contributed by atoms with E-state index in [9.17, 15) is 10.1 Å². The Morgan fingerprint density at radius 1 is 1.45 bits per heavy atom. The van der Waals surface area contributed by atoms with E-state index in [1.54, 1.807) is 0 Å². The Morgan fingerprint density at radius 3 is 3.05 bits per heavy atom. The van der Waals surface area contributed by atoms with Crippen molar-refractivity contribution >= 4 is 27.4 Å². The Hall–Kier alpha value is -1.99. The van der Waals surface area contributed by atoms with Gasteiger partial charge >= 0.3 is 0 Å². The number of anilines is 1. The van der Waals surface area contributed by atoms with Crippen molar-refractivity contribution in [1.29, 1.82) is 0 Å². The molecule has 0 radical (unpaired) electrons. The number of benzene rings is 1. The minimum absolute atomic E-state index is 0.0291. The van der Waals surface area contributed by atoms with Crippen LogP contribution in [0.5, 0.6) is 0 Å². The zero-order chi connectivity index (χ0) is 15.5. The minimum Gasteiger partial charge on any atom is -0.367 e. The molecule has 6 nitrogen and oxygen atoms in total. The van der Waals surface area contributed by atoms with Crippen LogP contribution in [0.4, 0.5) is 11.5 Å². The number of nitrogens with zero attached hydrogens (tertiary/aromatic N) is 2. The average Bonchev–Trinajstić information content (AvgIpc) is 2.53. The minimum atomic E-state index is -0.458. The Balaban J connectivity index is 1.72. The molecule has 1 aromatic carbocycles. The van der Waals surface area contributed by atoms with Crippen LogP contribution < -0.4 is 10.6 Å². The first kappa shape index (κ1) is 14.9. The van der Waals surface area contributed by atoms with Gasteiger partial charge in [-0.05, 0) is 40.0 Å². The van der Waals surface area contributed by atoms with Crippen molar-refractivity contribution in [1.82, 2.24) is 10.3 Å². The highest BCUT2D eigenvalue weighted by Gasteiger charge is 2.19. The van der Waals surface area contributed by atoms with E-state index in [1.165, 1.54) is 23.4 Å². The van der Waals surface area contributed by atoms with Crippen molar-refractivity contribution < 1.29 is 4.92 Å². The fourth-order valence-electron chi connectivity index (χ4n) is 2.63. The maximum atomic E-state index is 10.7. The highest BCUT2D eigenvalue weighted by atomic mass is 79.9. The van der Waals surface area contributed by atoms with Crippen LogP contribution in [-0.4, -0.2) is 23.0 Å². The molecule has 0 spiro atoms. The topological polar surface area (TPSA) is 80.1 Å². The normalized spacial score (nSPS) is 16.9. The number of halogens is 1. The van der Waals surface area contributed by atoms with E-state index >= 15 is 0 Å². The second-order valence-electron chi connectivity index (χ2n) is 5.12. The average molecular weight is 363 g/mol. The van der Waals surface area contributed by atoms with Crippen LogP contribution >= 0.6 is 15.9 Å². The largest absolute Gasteiger partial charge is 0.367 e. The molecule has 3 rings (SSSR count). The Bertz CT molecular complexity index is 708. The van der Waals surface area contributed by atoms with E-state index in [1.807, 2.05) is 6.07 Å². The summed E-state index contributed by atoms with van der Waals surface area (Å²) in [6, 6.07) is 10.0. The smallest absolute Gasteiger partial charge is 0.288 e. The Labute approximate surface area is 136 Å². The second kappa shape index (κ2) is 6.41. The molecule has 1 unspecified atom stereocenters. The zero-order valence-corrected chi connectivity index (χ0v) is 13.3. The van der Waals surface area contributed by atoms with Gasteiger partial charge in [-0.25, -0.2) is 4.98 Å². The maximum Gasteiger partial charge on any atom is 0.288 e. The molecule has 0 bridgehead atoms. The third kappa shape index (κ3) is 3.10. The number of nitro groups is 1. The van der Waals surface area contributed by atoms with Crippen LogP contribution in [0.25, 0.3) is 0 Å². The van der Waals surface area contributed by atoms with Crippen molar-refractivity contribution in [2.24, 2.45) is 0 Å². The molecule has 0 fully saturated rings. The standard InChI is InChI=1S/C15H15BrN4O2/c16-13-7-11(20(21)22)8-18-15(13)19-9-14-12-4-2-1-3-10(12)5-6-17-14/h1-4,7-8,14,17H,5-6,9H2,(H,18,19). The van der Waals surface area contributed by atoms with E-state index in [-0.39, 0.29) is 11.7 Å². The first-order chi connectivity index (χ1) is 10.6. The second-order valence-corrected chi connectivity index (χ2v) is 5.97. The summed E-state index contributed by atoms with van der Waals surface area (Å²) in [5, 5.41) is 17.4. The molecule has 1 aromatic heterocycles. The summed E-state index contributed by atoms with van der Waals surface area (Å²) in [6.45, 7) is 1.61. The number of nitrogens with one attached hydrogen (secondary N) is 2. The monoisotopic (exact) mass is 362 g/mol. The van der Waals surface area contributed by atoms with Crippen LogP contribution in [0.15, 0.2) is 41.0 Å². The van der Waals surface area contributed by atoms with Gasteiger partial charge in [-0.2, -0.15) is 0 Å². The Kier molecular flexibility index (Phi) is 4.35. The number of rotatable bonds is 4. The van der Waals surface area contributed by atoms with Gasteiger partial charge in [0.05, 0.1) is 9.40 Å². The third-order valence-electron chi connectivity index (χ3n) is 3.73. The molecule has 1 aliphatic rings. The molecule has 2 aromatic rings. The van der Waals surface area contributed by atoms with Crippen molar-refractivity contribution in [2.75, 3.05) is 18.4 Å². The van der Waals surface area contributed by atoms with Gasteiger partial charge in [0.1, 0.15) is 12.0 Å². The quantitative estimate of drug-likeness (QED) is 0.645. The maximum absolute atomic E-state index is 10.7. The first-order valence-corrected chi connectivity index (χ1v) is 7.79. The highest BCUT2D eigenvalue weighted by Crippen LogP contribution is 2.26. The molecule has 0 saturated heterocycles. The number of hydrogen-bond donors (Lipinski definition) is 2. The van der Waals surface area contributed by atoms with Crippen LogP contribution in [0.3, 0.4) is 0 Å². The summed E-state index contributed by atoms with van der Waals surface area (Å²) in [6.07, 6.45) is 2.29. The lowest BCUT2D eigenvalue weighted by Gasteiger charge is -2.27. The molecule has 1 aliphatic heterocycles. The summed E-state index contributed by atoms with van der Waals surface area (Å²) in [5.41, 5.74) is 2.63. The molecule has 0 aliphatic carbocycles. The fraction of sp³-hybridized carbons (Fsp3) is 0.267. The van der Waals surface area contributed by atoms with Crippen molar-refractivity contribution in [3.05, 3.63) is 62.2 Å². The summed E-state index contributed by atoms with van der Waals surface area (Å²) in [4.78, 5) is 14.4. The van der Waals surface area contributed by atoms with Crippen molar-refractivity contribution in [3.8, 4) is 0 Å². The number of pyridine rings is 1. The van der Waals surface area contributed by atoms with Crippen LogP contribution in [0.2, 0.25) is 0 Å². The van der Waals surface area contributed by atoms with Crippen LogP contribution in [0.1, 0.15) is 17.2 Å². The van der Waals surface area contributed by atoms with Gasteiger partial charge in [0.2, 0.25) is 0 Å². The molecule has 114 valence electrons. The lowest BCUT2D eigenvalue weighted by atomic mass is 9.94. The lowest BCUT2D eigenvalue weighted by Crippen LogP contribution is -2.34. The van der Waals surface area contributed by atoms with E-state index in [0.717, 1.165) is 13.0 Å². The van der Waals surface area contributed by atoms with Gasteiger partial charge in [0.25, 0.3) is 5.69 Å². The summed E-state index contributed by atoms with van der Waals surface area (Å²) >= 11 is 3.32. The van der Waals surface area contributed by atoms with Gasteiger partial charge in [0, 0.05) is 18.7 Å². The zero-order valence-electron chi connectivity index (χ0n) is 11.8. The van der Waals surface area contributed by atoms with E-state index in [2.05, 4.69) is 49.7 Å². The van der Waals surface area contributed by atoms with E-state index < -0.39 is 4.92 Å². The van der Waals surface area contributed by atoms with Gasteiger partial charge in [-0.3, -0.25) is 10.1 Å².